The molecule has 1 aromatic carbocycles. The standard InChI is InChI=1S/C19H22N2O4/c1-23-16-5-3-2-4-14(16)17-6-7-18(24-17)25-19(22)20-15-12-21-10-8-13(15)9-11-21/h2-7,13,15H,8-12H2,1H3,(H,20,22). The van der Waals surface area contributed by atoms with Crippen LogP contribution in [0.2, 0.25) is 0 Å². The summed E-state index contributed by atoms with van der Waals surface area (Å²) in [6.45, 7) is 3.18. The van der Waals surface area contributed by atoms with Crippen LogP contribution in [0.3, 0.4) is 0 Å². The SMILES string of the molecule is COc1ccccc1-c1ccc(OC(=O)NC2CN3CCC2CC3)o1. The van der Waals surface area contributed by atoms with Gasteiger partial charge in [-0.3, -0.25) is 0 Å². The van der Waals surface area contributed by atoms with E-state index in [4.69, 9.17) is 13.9 Å². The van der Waals surface area contributed by atoms with Gasteiger partial charge in [-0.15, -0.1) is 0 Å². The van der Waals surface area contributed by atoms with E-state index in [0.717, 1.165) is 38.0 Å². The second-order valence-corrected chi connectivity index (χ2v) is 6.60. The first-order valence-electron chi connectivity index (χ1n) is 8.67. The van der Waals surface area contributed by atoms with Gasteiger partial charge >= 0.3 is 6.09 Å². The third-order valence-electron chi connectivity index (χ3n) is 5.11. The molecule has 0 saturated carbocycles. The Hall–Kier alpha value is -2.47. The fraction of sp³-hybridized carbons (Fsp3) is 0.421. The number of piperidine rings is 3. The number of rotatable bonds is 4. The molecule has 1 amide bonds. The molecule has 6 nitrogen and oxygen atoms in total. The molecule has 3 fully saturated rings. The number of carbonyl (C=O) groups is 1. The quantitative estimate of drug-likeness (QED) is 0.925. The summed E-state index contributed by atoms with van der Waals surface area (Å²) in [6.07, 6.45) is 1.83. The lowest BCUT2D eigenvalue weighted by Crippen LogP contribution is -2.57. The molecule has 0 spiro atoms. The summed E-state index contributed by atoms with van der Waals surface area (Å²) in [6, 6.07) is 11.1. The van der Waals surface area contributed by atoms with Crippen molar-refractivity contribution in [3.8, 4) is 23.0 Å². The van der Waals surface area contributed by atoms with Crippen LogP contribution in [0.5, 0.6) is 11.7 Å². The highest BCUT2D eigenvalue weighted by Crippen LogP contribution is 2.33. The van der Waals surface area contributed by atoms with Crippen molar-refractivity contribution < 1.29 is 18.7 Å². The Kier molecular flexibility index (Phi) is 4.36. The van der Waals surface area contributed by atoms with Gasteiger partial charge in [-0.05, 0) is 50.0 Å². The van der Waals surface area contributed by atoms with Gasteiger partial charge in [0.1, 0.15) is 11.5 Å². The number of carbonyl (C=O) groups excluding carboxylic acids is 1. The molecular formula is C19H22N2O4. The van der Waals surface area contributed by atoms with Crippen LogP contribution >= 0.6 is 0 Å². The molecule has 1 N–H and O–H groups in total. The van der Waals surface area contributed by atoms with Crippen molar-refractivity contribution in [2.24, 2.45) is 5.92 Å². The van der Waals surface area contributed by atoms with Crippen LogP contribution in [0.15, 0.2) is 40.8 Å². The first kappa shape index (κ1) is 16.0. The fourth-order valence-electron chi connectivity index (χ4n) is 3.77. The van der Waals surface area contributed by atoms with Crippen LogP contribution in [0, 0.1) is 5.92 Å². The lowest BCUT2D eigenvalue weighted by molar-refractivity contribution is 0.0715. The number of benzene rings is 1. The van der Waals surface area contributed by atoms with Gasteiger partial charge < -0.3 is 24.1 Å². The first-order chi connectivity index (χ1) is 12.2. The van der Waals surface area contributed by atoms with Crippen LogP contribution in [-0.2, 0) is 0 Å². The van der Waals surface area contributed by atoms with Gasteiger partial charge in [-0.1, -0.05) is 12.1 Å². The van der Waals surface area contributed by atoms with Crippen molar-refractivity contribution in [3.63, 3.8) is 0 Å². The van der Waals surface area contributed by atoms with Crippen LogP contribution in [0.25, 0.3) is 11.3 Å². The van der Waals surface area contributed by atoms with Gasteiger partial charge in [0, 0.05) is 18.7 Å². The van der Waals surface area contributed by atoms with Crippen molar-refractivity contribution in [3.05, 3.63) is 36.4 Å². The molecule has 3 saturated heterocycles. The largest absolute Gasteiger partial charge is 0.496 e. The minimum absolute atomic E-state index is 0.165. The topological polar surface area (TPSA) is 63.9 Å². The summed E-state index contributed by atoms with van der Waals surface area (Å²) in [7, 11) is 1.61. The Morgan fingerprint density at radius 2 is 2.00 bits per heavy atom. The highest BCUT2D eigenvalue weighted by Gasteiger charge is 2.35. The summed E-state index contributed by atoms with van der Waals surface area (Å²) < 4.78 is 16.3. The molecule has 3 aliphatic rings. The smallest absolute Gasteiger partial charge is 0.415 e. The molecule has 2 aromatic rings. The van der Waals surface area contributed by atoms with Gasteiger partial charge in [0.2, 0.25) is 0 Å². The second-order valence-electron chi connectivity index (χ2n) is 6.60. The highest BCUT2D eigenvalue weighted by molar-refractivity contribution is 5.71. The van der Waals surface area contributed by atoms with Crippen molar-refractivity contribution in [1.29, 1.82) is 0 Å². The Balaban J connectivity index is 1.40. The lowest BCUT2D eigenvalue weighted by Gasteiger charge is -2.44. The molecule has 0 aliphatic carbocycles. The van der Waals surface area contributed by atoms with E-state index in [-0.39, 0.29) is 12.0 Å². The van der Waals surface area contributed by atoms with Crippen molar-refractivity contribution >= 4 is 6.09 Å². The summed E-state index contributed by atoms with van der Waals surface area (Å²) in [5, 5.41) is 2.98. The summed E-state index contributed by atoms with van der Waals surface area (Å²) in [5.74, 6) is 2.04. The maximum Gasteiger partial charge on any atom is 0.415 e. The van der Waals surface area contributed by atoms with E-state index in [0.29, 0.717) is 17.4 Å². The van der Waals surface area contributed by atoms with Gasteiger partial charge in [0.05, 0.1) is 12.7 Å². The third kappa shape index (κ3) is 3.35. The number of amides is 1. The highest BCUT2D eigenvalue weighted by atomic mass is 16.6. The van der Waals surface area contributed by atoms with Crippen LogP contribution < -0.4 is 14.8 Å². The monoisotopic (exact) mass is 342 g/mol. The molecule has 25 heavy (non-hydrogen) atoms. The Bertz CT molecular complexity index is 749. The molecule has 1 aromatic heterocycles. The normalized spacial score (nSPS) is 24.8. The van der Waals surface area contributed by atoms with Crippen molar-refractivity contribution in [2.75, 3.05) is 26.7 Å². The molecule has 2 bridgehead atoms. The zero-order valence-corrected chi connectivity index (χ0v) is 14.2. The molecule has 3 aliphatic heterocycles. The first-order valence-corrected chi connectivity index (χ1v) is 8.67. The lowest BCUT2D eigenvalue weighted by atomic mass is 9.84. The average molecular weight is 342 g/mol. The van der Waals surface area contributed by atoms with Gasteiger partial charge in [0.15, 0.2) is 0 Å². The Labute approximate surface area is 146 Å². The number of hydrogen-bond donors (Lipinski definition) is 1. The van der Waals surface area contributed by atoms with E-state index >= 15 is 0 Å². The van der Waals surface area contributed by atoms with Gasteiger partial charge in [-0.2, -0.15) is 0 Å². The van der Waals surface area contributed by atoms with Gasteiger partial charge in [0.25, 0.3) is 5.95 Å². The number of hydrogen-bond acceptors (Lipinski definition) is 5. The van der Waals surface area contributed by atoms with E-state index in [9.17, 15) is 4.79 Å². The number of furan rings is 1. The number of fused-ring (bicyclic) bond motifs is 3. The zero-order valence-electron chi connectivity index (χ0n) is 14.2. The summed E-state index contributed by atoms with van der Waals surface area (Å²) in [5.41, 5.74) is 0.817. The zero-order chi connectivity index (χ0) is 17.2. The number of methoxy groups -OCH3 is 1. The Morgan fingerprint density at radius 3 is 2.72 bits per heavy atom. The minimum atomic E-state index is -0.459. The second kappa shape index (κ2) is 6.80. The average Bonchev–Trinajstić information content (AvgIpc) is 3.10. The molecule has 4 heterocycles. The maximum atomic E-state index is 12.2. The number of nitrogens with zero attached hydrogens (tertiary/aromatic N) is 1. The number of para-hydroxylation sites is 1. The van der Waals surface area contributed by atoms with Crippen molar-refractivity contribution in [1.82, 2.24) is 10.2 Å². The van der Waals surface area contributed by atoms with Crippen molar-refractivity contribution in [2.45, 2.75) is 18.9 Å². The van der Waals surface area contributed by atoms with E-state index in [1.807, 2.05) is 24.3 Å². The van der Waals surface area contributed by atoms with E-state index in [1.165, 1.54) is 0 Å². The number of ether oxygens (including phenoxy) is 2. The minimum Gasteiger partial charge on any atom is -0.496 e. The molecule has 6 heteroatoms. The van der Waals surface area contributed by atoms with E-state index in [1.54, 1.807) is 19.2 Å². The predicted octanol–water partition coefficient (Wildman–Crippen LogP) is 3.14. The predicted molar refractivity (Wildman–Crippen MR) is 92.8 cm³/mol. The molecule has 0 radical (unpaired) electrons. The summed E-state index contributed by atoms with van der Waals surface area (Å²) >= 11 is 0. The molecule has 1 atom stereocenters. The van der Waals surface area contributed by atoms with Crippen LogP contribution in [0.4, 0.5) is 4.79 Å². The molecule has 5 rings (SSSR count). The fourth-order valence-corrected chi connectivity index (χ4v) is 3.77. The van der Waals surface area contributed by atoms with Crippen LogP contribution in [-0.4, -0.2) is 43.8 Å². The maximum absolute atomic E-state index is 12.2. The molecular weight excluding hydrogens is 320 g/mol. The van der Waals surface area contributed by atoms with E-state index in [2.05, 4.69) is 10.2 Å². The van der Waals surface area contributed by atoms with Gasteiger partial charge in [-0.25, -0.2) is 4.79 Å². The Morgan fingerprint density at radius 1 is 1.20 bits per heavy atom. The molecule has 1 unspecified atom stereocenters. The molecule has 132 valence electrons. The van der Waals surface area contributed by atoms with E-state index < -0.39 is 6.09 Å². The summed E-state index contributed by atoms with van der Waals surface area (Å²) in [4.78, 5) is 14.6. The third-order valence-corrected chi connectivity index (χ3v) is 5.11. The van der Waals surface area contributed by atoms with Crippen LogP contribution in [0.1, 0.15) is 12.8 Å². The number of nitrogens with one attached hydrogen (secondary N) is 1.